The third-order valence-corrected chi connectivity index (χ3v) is 8.93. The lowest BCUT2D eigenvalue weighted by atomic mass is 10.1. The number of halogens is 2. The minimum atomic E-state index is -0.806. The first kappa shape index (κ1) is 29.0. The van der Waals surface area contributed by atoms with Gasteiger partial charge in [0, 0.05) is 42.7 Å². The molecule has 10 nitrogen and oxygen atoms in total. The zero-order chi connectivity index (χ0) is 31.7. The Bertz CT molecular complexity index is 1890. The van der Waals surface area contributed by atoms with Crippen LogP contribution in [-0.4, -0.2) is 60.5 Å². The second-order valence-corrected chi connectivity index (χ2v) is 12.4. The van der Waals surface area contributed by atoms with E-state index in [0.717, 1.165) is 37.1 Å². The molecule has 4 aromatic rings. The van der Waals surface area contributed by atoms with Gasteiger partial charge in [-0.2, -0.15) is 4.98 Å². The Morgan fingerprint density at radius 3 is 2.16 bits per heavy atom. The van der Waals surface area contributed by atoms with E-state index < -0.39 is 17.3 Å². The lowest BCUT2D eigenvalue weighted by Gasteiger charge is -2.44. The Morgan fingerprint density at radius 2 is 1.60 bits per heavy atom. The maximum Gasteiger partial charge on any atom is 0.355 e. The number of nitrogens with zero attached hydrogens (tertiary/aromatic N) is 7. The fraction of sp³-hybridized carbons (Fsp3) is 0.394. The fourth-order valence-corrected chi connectivity index (χ4v) is 6.67. The van der Waals surface area contributed by atoms with Crippen LogP contribution in [0.5, 0.6) is 0 Å². The largest absolute Gasteiger partial charge is 0.398 e. The molecule has 0 spiro atoms. The van der Waals surface area contributed by atoms with Crippen LogP contribution in [0.15, 0.2) is 41.7 Å². The summed E-state index contributed by atoms with van der Waals surface area (Å²) >= 11 is 0. The monoisotopic (exact) mass is 612 g/mol. The van der Waals surface area contributed by atoms with Gasteiger partial charge in [0.2, 0.25) is 5.91 Å². The van der Waals surface area contributed by atoms with Crippen LogP contribution in [0.1, 0.15) is 68.6 Å². The molecule has 0 unspecified atom stereocenters. The van der Waals surface area contributed by atoms with Crippen LogP contribution in [0.2, 0.25) is 0 Å². The molecule has 1 aliphatic heterocycles. The molecular weight excluding hydrogens is 578 g/mol. The van der Waals surface area contributed by atoms with Gasteiger partial charge in [0.25, 0.3) is 0 Å². The Labute approximate surface area is 258 Å². The number of benzene rings is 1. The number of hydrogen-bond acceptors (Lipinski definition) is 8. The predicted molar refractivity (Wildman–Crippen MR) is 167 cm³/mol. The summed E-state index contributed by atoms with van der Waals surface area (Å²) in [6, 6.07) is 4.87. The smallest absolute Gasteiger partial charge is 0.355 e. The molecule has 2 atom stereocenters. The summed E-state index contributed by atoms with van der Waals surface area (Å²) < 4.78 is 32.7. The van der Waals surface area contributed by atoms with E-state index >= 15 is 8.78 Å². The van der Waals surface area contributed by atoms with Gasteiger partial charge in [-0.25, -0.2) is 33.1 Å². The van der Waals surface area contributed by atoms with Gasteiger partial charge in [-0.1, -0.05) is 12.6 Å². The minimum Gasteiger partial charge on any atom is -0.398 e. The van der Waals surface area contributed by atoms with Crippen LogP contribution in [0.4, 0.5) is 20.3 Å². The molecule has 3 fully saturated rings. The molecule has 12 heteroatoms. The van der Waals surface area contributed by atoms with Gasteiger partial charge in [-0.3, -0.25) is 4.79 Å². The summed E-state index contributed by atoms with van der Waals surface area (Å²) in [6.07, 6.45) is 4.98. The standard InChI is InChI=1S/C33H34F2N8O2/c1-5-25(44)42-16(2)14-41(15-17(42)3)31-21-13-23(35)29(26-22(34)7-6-8-24(26)36)39-32(21)43(33(45)40-31)30-27(19-9-10-19)37-18(4)38-28(30)20-11-12-20/h5-8,13,16-17,19-20H,1,9-12,14-15,36H2,2-4H3/t16-,17+. The van der Waals surface area contributed by atoms with Crippen LogP contribution in [0.3, 0.4) is 0 Å². The van der Waals surface area contributed by atoms with Crippen molar-refractivity contribution in [1.82, 2.24) is 29.4 Å². The van der Waals surface area contributed by atoms with Gasteiger partial charge in [-0.15, -0.1) is 0 Å². The van der Waals surface area contributed by atoms with Gasteiger partial charge in [-0.05, 0) is 70.7 Å². The van der Waals surface area contributed by atoms with Crippen molar-refractivity contribution < 1.29 is 13.6 Å². The number of hydrogen-bond donors (Lipinski definition) is 1. The minimum absolute atomic E-state index is 0.0191. The summed E-state index contributed by atoms with van der Waals surface area (Å²) in [7, 11) is 0. The Balaban J connectivity index is 1.51. The van der Waals surface area contributed by atoms with Gasteiger partial charge >= 0.3 is 5.69 Å². The molecule has 2 aliphatic carbocycles. The van der Waals surface area contributed by atoms with E-state index in [2.05, 4.69) is 16.5 Å². The highest BCUT2D eigenvalue weighted by atomic mass is 19.1. The van der Waals surface area contributed by atoms with E-state index in [-0.39, 0.29) is 63.6 Å². The van der Waals surface area contributed by atoms with Crippen molar-refractivity contribution in [2.24, 2.45) is 0 Å². The second-order valence-electron chi connectivity index (χ2n) is 12.4. The van der Waals surface area contributed by atoms with E-state index in [1.54, 1.807) is 4.90 Å². The van der Waals surface area contributed by atoms with E-state index in [1.165, 1.54) is 34.9 Å². The first-order chi connectivity index (χ1) is 21.6. The zero-order valence-electron chi connectivity index (χ0n) is 25.4. The number of pyridine rings is 1. The first-order valence-electron chi connectivity index (χ1n) is 15.3. The van der Waals surface area contributed by atoms with Gasteiger partial charge in [0.15, 0.2) is 11.5 Å². The van der Waals surface area contributed by atoms with Crippen molar-refractivity contribution in [3.63, 3.8) is 0 Å². The molecule has 4 heterocycles. The number of piperazine rings is 1. The number of aryl methyl sites for hydroxylation is 1. The number of nitrogen functional groups attached to an aromatic ring is 1. The predicted octanol–water partition coefficient (Wildman–Crippen LogP) is 4.77. The molecule has 0 bridgehead atoms. The summed E-state index contributed by atoms with van der Waals surface area (Å²) in [4.78, 5) is 49.3. The molecule has 2 N–H and O–H groups in total. The molecule has 232 valence electrons. The molecule has 7 rings (SSSR count). The highest BCUT2D eigenvalue weighted by Gasteiger charge is 2.38. The van der Waals surface area contributed by atoms with Gasteiger partial charge in [0.05, 0.1) is 28.0 Å². The second kappa shape index (κ2) is 10.7. The maximum absolute atomic E-state index is 16.1. The van der Waals surface area contributed by atoms with Crippen molar-refractivity contribution in [3.05, 3.63) is 76.3 Å². The summed E-state index contributed by atoms with van der Waals surface area (Å²) in [5.41, 5.74) is 7.20. The normalized spacial score (nSPS) is 20.1. The summed E-state index contributed by atoms with van der Waals surface area (Å²) in [5.74, 6) is -0.561. The van der Waals surface area contributed by atoms with Gasteiger partial charge < -0.3 is 15.5 Å². The molecule has 3 aromatic heterocycles. The van der Waals surface area contributed by atoms with Crippen LogP contribution in [-0.2, 0) is 4.79 Å². The molecule has 1 saturated heterocycles. The van der Waals surface area contributed by atoms with E-state index in [9.17, 15) is 9.59 Å². The highest BCUT2D eigenvalue weighted by Crippen LogP contribution is 2.48. The zero-order valence-corrected chi connectivity index (χ0v) is 25.4. The Hall–Kier alpha value is -4.74. The molecule has 1 aromatic carbocycles. The molecular formula is C33H34F2N8O2. The third-order valence-electron chi connectivity index (χ3n) is 8.93. The van der Waals surface area contributed by atoms with Crippen molar-refractivity contribution in [3.8, 4) is 16.9 Å². The number of carbonyl (C=O) groups excluding carboxylic acids is 1. The molecule has 1 amide bonds. The quantitative estimate of drug-likeness (QED) is 0.244. The number of fused-ring (bicyclic) bond motifs is 1. The van der Waals surface area contributed by atoms with Crippen molar-refractivity contribution in [2.45, 2.75) is 70.4 Å². The highest BCUT2D eigenvalue weighted by molar-refractivity contribution is 5.92. The summed E-state index contributed by atoms with van der Waals surface area (Å²) in [5, 5.41) is 0.276. The number of carbonyl (C=O) groups is 1. The van der Waals surface area contributed by atoms with Gasteiger partial charge in [0.1, 0.15) is 23.2 Å². The van der Waals surface area contributed by atoms with Crippen LogP contribution >= 0.6 is 0 Å². The number of aromatic nitrogens is 5. The van der Waals surface area contributed by atoms with Crippen molar-refractivity contribution >= 4 is 28.4 Å². The Morgan fingerprint density at radius 1 is 0.978 bits per heavy atom. The Kier molecular flexibility index (Phi) is 6.90. The average molecular weight is 613 g/mol. The summed E-state index contributed by atoms with van der Waals surface area (Å²) in [6.45, 7) is 9.95. The van der Waals surface area contributed by atoms with E-state index in [4.69, 9.17) is 15.7 Å². The molecule has 2 saturated carbocycles. The first-order valence-corrected chi connectivity index (χ1v) is 15.3. The lowest BCUT2D eigenvalue weighted by Crippen LogP contribution is -2.58. The topological polar surface area (TPSA) is 123 Å². The molecule has 45 heavy (non-hydrogen) atoms. The number of anilines is 2. The van der Waals surface area contributed by atoms with E-state index in [0.29, 0.717) is 24.6 Å². The van der Waals surface area contributed by atoms with E-state index in [1.807, 2.05) is 25.7 Å². The van der Waals surface area contributed by atoms with Crippen molar-refractivity contribution in [1.29, 1.82) is 0 Å². The lowest BCUT2D eigenvalue weighted by molar-refractivity contribution is -0.130. The third kappa shape index (κ3) is 4.92. The molecule has 3 aliphatic rings. The number of amides is 1. The fourth-order valence-electron chi connectivity index (χ4n) is 6.67. The SMILES string of the molecule is C=CC(=O)N1[C@H](C)CN(c2nc(=O)n(-c3c(C4CC4)nc(C)nc3C3CC3)c3nc(-c4c(N)cccc4F)c(F)cc23)C[C@@H]1C. The van der Waals surface area contributed by atoms with Crippen LogP contribution in [0.25, 0.3) is 28.0 Å². The average Bonchev–Trinajstić information content (AvgIpc) is 3.91. The number of rotatable bonds is 6. The van der Waals surface area contributed by atoms with Crippen LogP contribution < -0.4 is 16.3 Å². The number of nitrogens with two attached hydrogens (primary N) is 1. The van der Waals surface area contributed by atoms with Crippen molar-refractivity contribution in [2.75, 3.05) is 23.7 Å². The maximum atomic E-state index is 16.1. The van der Waals surface area contributed by atoms with Crippen LogP contribution in [0, 0.1) is 18.6 Å². The molecule has 0 radical (unpaired) electrons.